The first-order valence-corrected chi connectivity index (χ1v) is 6.88. The first kappa shape index (κ1) is 14.9. The molecule has 0 unspecified atom stereocenters. The zero-order valence-corrected chi connectivity index (χ0v) is 12.0. The number of fused-ring (bicyclic) bond motifs is 1. The van der Waals surface area contributed by atoms with Crippen molar-refractivity contribution in [3.05, 3.63) is 46.9 Å². The van der Waals surface area contributed by atoms with Crippen molar-refractivity contribution in [3.63, 3.8) is 0 Å². The number of rotatable bonds is 2. The fraction of sp³-hybridized carbons (Fsp3) is 0.286. The summed E-state index contributed by atoms with van der Waals surface area (Å²) in [6, 6.07) is 5.06. The molecule has 2 aromatic rings. The molecular weight excluding hydrogens is 319 g/mol. The highest BCUT2D eigenvalue weighted by molar-refractivity contribution is 6.28. The highest BCUT2D eigenvalue weighted by Crippen LogP contribution is 2.32. The van der Waals surface area contributed by atoms with E-state index in [0.29, 0.717) is 31.3 Å². The Morgan fingerprint density at radius 1 is 1.23 bits per heavy atom. The predicted molar refractivity (Wildman–Crippen MR) is 75.0 cm³/mol. The minimum absolute atomic E-state index is 0.0988. The van der Waals surface area contributed by atoms with E-state index in [9.17, 15) is 13.2 Å². The molecule has 0 N–H and O–H groups in total. The number of hydrogen-bond acceptors (Lipinski definition) is 4. The molecule has 0 atom stereocenters. The van der Waals surface area contributed by atoms with Gasteiger partial charge in [0.05, 0.1) is 18.3 Å². The van der Waals surface area contributed by atoms with Gasteiger partial charge in [0.2, 0.25) is 5.28 Å². The summed E-state index contributed by atoms with van der Waals surface area (Å²) >= 11 is 5.79. The third-order valence-corrected chi connectivity index (χ3v) is 3.46. The van der Waals surface area contributed by atoms with Crippen LogP contribution in [-0.4, -0.2) is 23.1 Å². The summed E-state index contributed by atoms with van der Waals surface area (Å²) in [6.45, 7) is 1.45. The lowest BCUT2D eigenvalue weighted by Gasteiger charge is -2.29. The van der Waals surface area contributed by atoms with Crippen LogP contribution in [0.1, 0.15) is 11.1 Å². The quantitative estimate of drug-likeness (QED) is 0.790. The van der Waals surface area contributed by atoms with Crippen LogP contribution in [0.4, 0.5) is 19.0 Å². The molecule has 0 fully saturated rings. The average Bonchev–Trinajstić information content (AvgIpc) is 2.47. The maximum absolute atomic E-state index is 12.6. The monoisotopic (exact) mass is 329 g/mol. The molecule has 116 valence electrons. The Balaban J connectivity index is 1.81. The summed E-state index contributed by atoms with van der Waals surface area (Å²) in [6.07, 6.45) is -2.84. The van der Waals surface area contributed by atoms with E-state index in [0.717, 1.165) is 17.7 Å². The molecule has 2 heterocycles. The molecule has 4 nitrogen and oxygen atoms in total. The number of nitrogens with zero attached hydrogens (tertiary/aromatic N) is 3. The molecule has 0 saturated carbocycles. The molecular formula is C14H11ClF3N3O. The van der Waals surface area contributed by atoms with E-state index >= 15 is 0 Å². The van der Waals surface area contributed by atoms with Crippen LogP contribution in [0, 0.1) is 0 Å². The lowest BCUT2D eigenvalue weighted by Crippen LogP contribution is -2.33. The Morgan fingerprint density at radius 3 is 2.64 bits per heavy atom. The highest BCUT2D eigenvalue weighted by atomic mass is 35.5. The number of ether oxygens (including phenoxy) is 1. The van der Waals surface area contributed by atoms with Crippen LogP contribution in [0.3, 0.4) is 0 Å². The minimum Gasteiger partial charge on any atom is -0.486 e. The van der Waals surface area contributed by atoms with Crippen molar-refractivity contribution in [2.24, 2.45) is 0 Å². The van der Waals surface area contributed by atoms with Crippen molar-refractivity contribution in [1.82, 2.24) is 9.97 Å². The Morgan fingerprint density at radius 2 is 1.95 bits per heavy atom. The molecule has 8 heteroatoms. The van der Waals surface area contributed by atoms with Gasteiger partial charge in [0.1, 0.15) is 6.61 Å². The van der Waals surface area contributed by atoms with E-state index in [1.54, 1.807) is 0 Å². The minimum atomic E-state index is -4.33. The van der Waals surface area contributed by atoms with Gasteiger partial charge >= 0.3 is 6.18 Å². The number of hydrogen-bond donors (Lipinski definition) is 0. The molecule has 0 radical (unpaired) electrons. The fourth-order valence-corrected chi connectivity index (χ4v) is 2.34. The smallest absolute Gasteiger partial charge is 0.416 e. The van der Waals surface area contributed by atoms with Gasteiger partial charge in [-0.3, -0.25) is 0 Å². The molecule has 0 spiro atoms. The lowest BCUT2D eigenvalue weighted by atomic mass is 10.1. The van der Waals surface area contributed by atoms with Gasteiger partial charge in [0.25, 0.3) is 0 Å². The summed E-state index contributed by atoms with van der Waals surface area (Å²) in [5.41, 5.74) is 0.0829. The van der Waals surface area contributed by atoms with Crippen molar-refractivity contribution in [2.45, 2.75) is 12.7 Å². The SMILES string of the molecule is FC(F)(F)c1ccc(CN2CCOc3cnc(Cl)nc32)cc1. The van der Waals surface area contributed by atoms with Crippen LogP contribution in [0.25, 0.3) is 0 Å². The van der Waals surface area contributed by atoms with Gasteiger partial charge in [-0.25, -0.2) is 4.98 Å². The molecule has 1 aliphatic rings. The normalized spacial score (nSPS) is 14.5. The van der Waals surface area contributed by atoms with E-state index in [2.05, 4.69) is 9.97 Å². The number of halogens is 4. The summed E-state index contributed by atoms with van der Waals surface area (Å²) in [5.74, 6) is 1.06. The average molecular weight is 330 g/mol. The third kappa shape index (κ3) is 3.09. The van der Waals surface area contributed by atoms with Gasteiger partial charge in [0, 0.05) is 6.54 Å². The number of alkyl halides is 3. The van der Waals surface area contributed by atoms with Gasteiger partial charge in [-0.1, -0.05) is 12.1 Å². The summed E-state index contributed by atoms with van der Waals surface area (Å²) in [4.78, 5) is 9.87. The van der Waals surface area contributed by atoms with Crippen molar-refractivity contribution >= 4 is 17.4 Å². The number of aromatic nitrogens is 2. The predicted octanol–water partition coefficient (Wildman–Crippen LogP) is 3.55. The van der Waals surface area contributed by atoms with Crippen molar-refractivity contribution in [2.75, 3.05) is 18.1 Å². The van der Waals surface area contributed by atoms with Gasteiger partial charge in [-0.15, -0.1) is 0 Å². The molecule has 1 aromatic carbocycles. The fourth-order valence-electron chi connectivity index (χ4n) is 2.21. The Kier molecular flexibility index (Phi) is 3.82. The molecule has 22 heavy (non-hydrogen) atoms. The second kappa shape index (κ2) is 5.64. The van der Waals surface area contributed by atoms with E-state index in [1.165, 1.54) is 18.3 Å². The van der Waals surface area contributed by atoms with E-state index < -0.39 is 11.7 Å². The van der Waals surface area contributed by atoms with E-state index in [4.69, 9.17) is 16.3 Å². The Bertz CT molecular complexity index is 676. The van der Waals surface area contributed by atoms with Crippen LogP contribution in [0.5, 0.6) is 5.75 Å². The largest absolute Gasteiger partial charge is 0.486 e. The van der Waals surface area contributed by atoms with Gasteiger partial charge in [0.15, 0.2) is 11.6 Å². The van der Waals surface area contributed by atoms with Gasteiger partial charge in [-0.05, 0) is 29.3 Å². The molecule has 0 saturated heterocycles. The number of anilines is 1. The molecule has 0 amide bonds. The Hall–Kier alpha value is -2.02. The molecule has 0 aliphatic carbocycles. The molecule has 1 aromatic heterocycles. The summed E-state index contributed by atoms with van der Waals surface area (Å²) in [7, 11) is 0. The first-order chi connectivity index (χ1) is 10.4. The Labute approximate surface area is 129 Å². The van der Waals surface area contributed by atoms with E-state index in [-0.39, 0.29) is 5.28 Å². The maximum Gasteiger partial charge on any atom is 0.416 e. The second-order valence-corrected chi connectivity index (χ2v) is 5.13. The second-order valence-electron chi connectivity index (χ2n) is 4.79. The van der Waals surface area contributed by atoms with Gasteiger partial charge in [-0.2, -0.15) is 18.2 Å². The zero-order chi connectivity index (χ0) is 15.7. The lowest BCUT2D eigenvalue weighted by molar-refractivity contribution is -0.137. The van der Waals surface area contributed by atoms with Crippen molar-refractivity contribution in [1.29, 1.82) is 0 Å². The van der Waals surface area contributed by atoms with Crippen LogP contribution in [0.15, 0.2) is 30.5 Å². The highest BCUT2D eigenvalue weighted by Gasteiger charge is 2.30. The van der Waals surface area contributed by atoms with E-state index in [1.807, 2.05) is 4.90 Å². The van der Waals surface area contributed by atoms with Crippen LogP contribution < -0.4 is 9.64 Å². The maximum atomic E-state index is 12.6. The topological polar surface area (TPSA) is 38.2 Å². The van der Waals surface area contributed by atoms with Crippen LogP contribution in [0.2, 0.25) is 5.28 Å². The van der Waals surface area contributed by atoms with Crippen molar-refractivity contribution in [3.8, 4) is 5.75 Å². The summed E-state index contributed by atoms with van der Waals surface area (Å²) < 4.78 is 43.1. The van der Waals surface area contributed by atoms with Crippen LogP contribution in [-0.2, 0) is 12.7 Å². The van der Waals surface area contributed by atoms with Gasteiger partial charge < -0.3 is 9.64 Å². The molecule has 3 rings (SSSR count). The first-order valence-electron chi connectivity index (χ1n) is 6.50. The van der Waals surface area contributed by atoms with Crippen LogP contribution >= 0.6 is 11.6 Å². The third-order valence-electron chi connectivity index (χ3n) is 3.28. The number of benzene rings is 1. The molecule has 0 bridgehead atoms. The molecule has 1 aliphatic heterocycles. The standard InChI is InChI=1S/C14H11ClF3N3O/c15-13-19-7-11-12(20-13)21(5-6-22-11)8-9-1-3-10(4-2-9)14(16,17)18/h1-4,7H,5-6,8H2. The zero-order valence-electron chi connectivity index (χ0n) is 11.3. The van der Waals surface area contributed by atoms with Crippen molar-refractivity contribution < 1.29 is 17.9 Å². The summed E-state index contributed by atoms with van der Waals surface area (Å²) in [5, 5.41) is 0.0988.